The Kier molecular flexibility index (Phi) is 7.60. The van der Waals surface area contributed by atoms with Gasteiger partial charge in [-0.1, -0.05) is 46.8 Å². The van der Waals surface area contributed by atoms with Gasteiger partial charge in [0.1, 0.15) is 17.4 Å². The second-order valence-electron chi connectivity index (χ2n) is 7.38. The van der Waals surface area contributed by atoms with Gasteiger partial charge in [-0.3, -0.25) is 4.79 Å². The van der Waals surface area contributed by atoms with E-state index in [4.69, 9.17) is 9.73 Å². The Hall–Kier alpha value is -2.22. The largest absolute Gasteiger partial charge is 0.488 e. The van der Waals surface area contributed by atoms with Crippen molar-refractivity contribution in [3.8, 4) is 5.75 Å². The molecule has 0 aliphatic heterocycles. The van der Waals surface area contributed by atoms with Crippen molar-refractivity contribution in [1.29, 1.82) is 0 Å². The summed E-state index contributed by atoms with van der Waals surface area (Å²) in [6.45, 7) is 4.11. The highest BCUT2D eigenvalue weighted by Gasteiger charge is 2.25. The molecule has 4 nitrogen and oxygen atoms in total. The predicted molar refractivity (Wildman–Crippen MR) is 140 cm³/mol. The van der Waals surface area contributed by atoms with E-state index in [0.717, 1.165) is 56.4 Å². The van der Waals surface area contributed by atoms with Gasteiger partial charge in [-0.25, -0.2) is 4.99 Å². The van der Waals surface area contributed by atoms with Crippen LogP contribution in [0, 0.1) is 0 Å². The van der Waals surface area contributed by atoms with Crippen LogP contribution in [0.2, 0.25) is 0 Å². The first kappa shape index (κ1) is 23.0. The maximum atomic E-state index is 13.3. The fourth-order valence-corrected chi connectivity index (χ4v) is 6.29. The summed E-state index contributed by atoms with van der Waals surface area (Å²) in [7, 11) is 0. The van der Waals surface area contributed by atoms with Crippen molar-refractivity contribution in [3.05, 3.63) is 85.6 Å². The fraction of sp³-hybridized carbons (Fsp3) is 0.200. The summed E-state index contributed by atoms with van der Waals surface area (Å²) in [5.74, 6) is 0.578. The number of aliphatic imine (C=N–C) groups is 1. The van der Waals surface area contributed by atoms with Crippen molar-refractivity contribution in [2.75, 3.05) is 11.9 Å². The average molecular weight is 574 g/mol. The Bertz CT molecular complexity index is 1170. The van der Waals surface area contributed by atoms with Crippen LogP contribution >= 0.6 is 43.2 Å². The van der Waals surface area contributed by atoms with E-state index in [2.05, 4.69) is 43.8 Å². The number of carbonyl (C=O) groups excluding carboxylic acids is 1. The van der Waals surface area contributed by atoms with Crippen molar-refractivity contribution in [1.82, 2.24) is 0 Å². The van der Waals surface area contributed by atoms with Crippen LogP contribution in [-0.2, 0) is 12.8 Å². The number of hydrogen-bond donors (Lipinski definition) is 1. The Morgan fingerprint density at radius 2 is 1.97 bits per heavy atom. The summed E-state index contributed by atoms with van der Waals surface area (Å²) < 4.78 is 7.57. The van der Waals surface area contributed by atoms with Gasteiger partial charge in [0.25, 0.3) is 5.91 Å². The molecule has 0 atom stereocenters. The number of hydrogen-bond acceptors (Lipinski definition) is 4. The zero-order chi connectivity index (χ0) is 22.5. The van der Waals surface area contributed by atoms with Gasteiger partial charge >= 0.3 is 0 Å². The molecule has 1 aliphatic carbocycles. The first-order chi connectivity index (χ1) is 15.6. The maximum Gasteiger partial charge on any atom is 0.259 e. The SMILES string of the molecule is C=CCOc1c(Br)cc(Br)cc1C=Nc1sc2c(c1C(=O)Nc1ccccc1)CCCC2. The number of para-hydroxylation sites is 1. The highest BCUT2D eigenvalue weighted by molar-refractivity contribution is 9.11. The van der Waals surface area contributed by atoms with Crippen LogP contribution in [0.4, 0.5) is 10.7 Å². The number of nitrogens with one attached hydrogen (secondary N) is 1. The molecule has 2 aromatic carbocycles. The molecule has 1 N–H and O–H groups in total. The number of thiophene rings is 1. The Morgan fingerprint density at radius 3 is 2.75 bits per heavy atom. The van der Waals surface area contributed by atoms with E-state index in [1.807, 2.05) is 42.5 Å². The summed E-state index contributed by atoms with van der Waals surface area (Å²) in [4.78, 5) is 19.3. The molecule has 0 fully saturated rings. The van der Waals surface area contributed by atoms with Crippen LogP contribution in [0.1, 0.15) is 39.2 Å². The zero-order valence-corrected chi connectivity index (χ0v) is 21.4. The summed E-state index contributed by atoms with van der Waals surface area (Å²) >= 11 is 8.71. The van der Waals surface area contributed by atoms with Gasteiger partial charge in [0, 0.05) is 26.8 Å². The van der Waals surface area contributed by atoms with Crippen molar-refractivity contribution >= 4 is 66.0 Å². The molecule has 7 heteroatoms. The molecule has 3 aromatic rings. The van der Waals surface area contributed by atoms with Gasteiger partial charge in [0.05, 0.1) is 10.0 Å². The zero-order valence-electron chi connectivity index (χ0n) is 17.4. The smallest absolute Gasteiger partial charge is 0.259 e. The second-order valence-corrected chi connectivity index (χ2v) is 10.2. The molecule has 1 heterocycles. The summed E-state index contributed by atoms with van der Waals surface area (Å²) in [5.41, 5.74) is 3.42. The minimum Gasteiger partial charge on any atom is -0.488 e. The lowest BCUT2D eigenvalue weighted by Crippen LogP contribution is -2.14. The lowest BCUT2D eigenvalue weighted by atomic mass is 9.95. The molecule has 1 aromatic heterocycles. The first-order valence-corrected chi connectivity index (χ1v) is 12.7. The summed E-state index contributed by atoms with van der Waals surface area (Å²) in [6.07, 6.45) is 7.62. The minimum absolute atomic E-state index is 0.110. The molecule has 1 amide bonds. The maximum absolute atomic E-state index is 13.3. The molecule has 0 unspecified atom stereocenters. The van der Waals surface area contributed by atoms with Crippen LogP contribution in [0.5, 0.6) is 5.75 Å². The number of halogens is 2. The molecular weight excluding hydrogens is 552 g/mol. The van der Waals surface area contributed by atoms with E-state index >= 15 is 0 Å². The number of anilines is 1. The number of ether oxygens (including phenoxy) is 1. The topological polar surface area (TPSA) is 50.7 Å². The lowest BCUT2D eigenvalue weighted by Gasteiger charge is -2.13. The predicted octanol–water partition coefficient (Wildman–Crippen LogP) is 7.72. The third-order valence-electron chi connectivity index (χ3n) is 5.11. The van der Waals surface area contributed by atoms with E-state index in [0.29, 0.717) is 17.9 Å². The lowest BCUT2D eigenvalue weighted by molar-refractivity contribution is 0.102. The molecular formula is C25H22Br2N2O2S. The second kappa shape index (κ2) is 10.6. The third-order valence-corrected chi connectivity index (χ3v) is 7.36. The van der Waals surface area contributed by atoms with E-state index in [-0.39, 0.29) is 5.91 Å². The monoisotopic (exact) mass is 572 g/mol. The molecule has 32 heavy (non-hydrogen) atoms. The van der Waals surface area contributed by atoms with Gasteiger partial charge in [-0.05, 0) is 71.4 Å². The molecule has 0 radical (unpaired) electrons. The average Bonchev–Trinajstić information content (AvgIpc) is 3.16. The fourth-order valence-electron chi connectivity index (χ4n) is 3.69. The van der Waals surface area contributed by atoms with E-state index in [1.165, 1.54) is 4.88 Å². The molecule has 0 saturated carbocycles. The highest BCUT2D eigenvalue weighted by atomic mass is 79.9. The number of fused-ring (bicyclic) bond motifs is 1. The number of amides is 1. The standard InChI is InChI=1S/C25H22Br2N2O2S/c1-2-12-31-23-16(13-17(26)14-20(23)27)15-28-25-22(19-10-6-7-11-21(19)32-25)24(30)29-18-8-4-3-5-9-18/h2-5,8-9,13-15H,1,6-7,10-12H2,(H,29,30). The summed E-state index contributed by atoms with van der Waals surface area (Å²) in [6, 6.07) is 13.4. The number of nitrogens with zero attached hydrogens (tertiary/aromatic N) is 1. The molecule has 4 rings (SSSR count). The minimum atomic E-state index is -0.110. The van der Waals surface area contributed by atoms with E-state index in [1.54, 1.807) is 23.6 Å². The van der Waals surface area contributed by atoms with E-state index in [9.17, 15) is 4.79 Å². The van der Waals surface area contributed by atoms with Crippen LogP contribution in [-0.4, -0.2) is 18.7 Å². The first-order valence-electron chi connectivity index (χ1n) is 10.3. The molecule has 0 saturated heterocycles. The number of carbonyl (C=O) groups is 1. The molecule has 0 spiro atoms. The van der Waals surface area contributed by atoms with Crippen LogP contribution < -0.4 is 10.1 Å². The quantitative estimate of drug-likeness (QED) is 0.232. The van der Waals surface area contributed by atoms with Crippen molar-refractivity contribution < 1.29 is 9.53 Å². The van der Waals surface area contributed by atoms with Crippen molar-refractivity contribution in [3.63, 3.8) is 0 Å². The normalized spacial score (nSPS) is 13.1. The molecule has 1 aliphatic rings. The Balaban J connectivity index is 1.71. The van der Waals surface area contributed by atoms with Crippen LogP contribution in [0.15, 0.2) is 69.1 Å². The Labute approximate surface area is 208 Å². The molecule has 0 bridgehead atoms. The Morgan fingerprint density at radius 1 is 1.19 bits per heavy atom. The van der Waals surface area contributed by atoms with Gasteiger partial charge in [0.15, 0.2) is 0 Å². The highest BCUT2D eigenvalue weighted by Crippen LogP contribution is 2.41. The van der Waals surface area contributed by atoms with Crippen LogP contribution in [0.25, 0.3) is 0 Å². The van der Waals surface area contributed by atoms with Crippen molar-refractivity contribution in [2.45, 2.75) is 25.7 Å². The van der Waals surface area contributed by atoms with E-state index < -0.39 is 0 Å². The van der Waals surface area contributed by atoms with Gasteiger partial charge < -0.3 is 10.1 Å². The van der Waals surface area contributed by atoms with Gasteiger partial charge in [0.2, 0.25) is 0 Å². The molecule has 164 valence electrons. The summed E-state index contributed by atoms with van der Waals surface area (Å²) in [5, 5.41) is 3.77. The number of benzene rings is 2. The third kappa shape index (κ3) is 5.22. The number of aryl methyl sites for hydroxylation is 1. The van der Waals surface area contributed by atoms with Gasteiger partial charge in [-0.2, -0.15) is 0 Å². The van der Waals surface area contributed by atoms with Crippen molar-refractivity contribution in [2.24, 2.45) is 4.99 Å². The van der Waals surface area contributed by atoms with Crippen LogP contribution in [0.3, 0.4) is 0 Å². The van der Waals surface area contributed by atoms with Gasteiger partial charge in [-0.15, -0.1) is 11.3 Å². The number of rotatable bonds is 7.